The molecule has 0 fully saturated rings. The second kappa shape index (κ2) is 8.06. The van der Waals surface area contributed by atoms with E-state index < -0.39 is 0 Å². The molecule has 0 spiro atoms. The molecule has 0 saturated carbocycles. The van der Waals surface area contributed by atoms with Crippen molar-refractivity contribution in [2.45, 2.75) is 16.9 Å². The van der Waals surface area contributed by atoms with Crippen LogP contribution in [0, 0.1) is 0 Å². The summed E-state index contributed by atoms with van der Waals surface area (Å²) >= 11 is 13.9. The largest absolute Gasteiger partial charge is 0.352 e. The molecule has 0 aliphatic carbocycles. The molecule has 0 atom stereocenters. The Labute approximate surface area is 139 Å². The molecule has 2 aromatic carbocycles. The molecule has 0 aliphatic heterocycles. The molecule has 0 radical (unpaired) electrons. The van der Waals surface area contributed by atoms with Crippen molar-refractivity contribution in [2.75, 3.05) is 14.2 Å². The Kier molecular flexibility index (Phi) is 6.40. The van der Waals surface area contributed by atoms with E-state index in [0.29, 0.717) is 10.0 Å². The molecule has 21 heavy (non-hydrogen) atoms. The monoisotopic (exact) mass is 342 g/mol. The van der Waals surface area contributed by atoms with Crippen molar-refractivity contribution in [1.29, 1.82) is 0 Å². The molecule has 2 rings (SSSR count). The summed E-state index contributed by atoms with van der Waals surface area (Å²) in [7, 11) is 3.25. The van der Waals surface area contributed by atoms with Crippen LogP contribution in [0.4, 0.5) is 0 Å². The van der Waals surface area contributed by atoms with Crippen LogP contribution in [0.25, 0.3) is 0 Å². The lowest BCUT2D eigenvalue weighted by atomic mass is 10.2. The Hall–Kier alpha value is -0.710. The fourth-order valence-corrected chi connectivity index (χ4v) is 3.27. The zero-order chi connectivity index (χ0) is 15.2. The van der Waals surface area contributed by atoms with Crippen LogP contribution in [0.2, 0.25) is 10.0 Å². The van der Waals surface area contributed by atoms with Gasteiger partial charge in [-0.3, -0.25) is 0 Å². The van der Waals surface area contributed by atoms with Crippen LogP contribution in [0.1, 0.15) is 17.4 Å². The average Bonchev–Trinajstić information content (AvgIpc) is 2.51. The highest BCUT2D eigenvalue weighted by molar-refractivity contribution is 7.98. The fraction of sp³-hybridized carbons (Fsp3) is 0.250. The van der Waals surface area contributed by atoms with Gasteiger partial charge < -0.3 is 9.47 Å². The fourth-order valence-electron chi connectivity index (χ4n) is 1.91. The number of thioether (sulfide) groups is 1. The summed E-state index contributed by atoms with van der Waals surface area (Å²) in [5.41, 5.74) is 2.02. The summed E-state index contributed by atoms with van der Waals surface area (Å²) in [5, 5.41) is 1.22. The van der Waals surface area contributed by atoms with Crippen molar-refractivity contribution in [3.05, 3.63) is 63.6 Å². The van der Waals surface area contributed by atoms with Crippen LogP contribution in [-0.2, 0) is 15.2 Å². The van der Waals surface area contributed by atoms with Crippen LogP contribution >= 0.6 is 35.0 Å². The van der Waals surface area contributed by atoms with Crippen LogP contribution in [0.3, 0.4) is 0 Å². The van der Waals surface area contributed by atoms with E-state index in [2.05, 4.69) is 0 Å². The second-order valence-corrected chi connectivity index (χ2v) is 6.21. The van der Waals surface area contributed by atoms with Gasteiger partial charge in [-0.2, -0.15) is 0 Å². The lowest BCUT2D eigenvalue weighted by molar-refractivity contribution is -0.106. The average molecular weight is 343 g/mol. The third-order valence-corrected chi connectivity index (χ3v) is 4.93. The van der Waals surface area contributed by atoms with Gasteiger partial charge in [0, 0.05) is 30.4 Å². The first-order chi connectivity index (χ1) is 10.2. The van der Waals surface area contributed by atoms with E-state index in [1.165, 1.54) is 0 Å². The Bertz CT molecular complexity index is 583. The number of ether oxygens (including phenoxy) is 2. The Morgan fingerprint density at radius 2 is 1.67 bits per heavy atom. The van der Waals surface area contributed by atoms with Crippen molar-refractivity contribution in [1.82, 2.24) is 0 Å². The highest BCUT2D eigenvalue weighted by atomic mass is 35.5. The predicted octanol–water partition coefficient (Wildman–Crippen LogP) is 5.58. The molecule has 2 aromatic rings. The Balaban J connectivity index is 2.02. The zero-order valence-corrected chi connectivity index (χ0v) is 14.1. The third kappa shape index (κ3) is 4.38. The smallest absolute Gasteiger partial charge is 0.183 e. The molecular weight excluding hydrogens is 327 g/mol. The highest BCUT2D eigenvalue weighted by Gasteiger charge is 2.09. The Morgan fingerprint density at radius 1 is 1.00 bits per heavy atom. The number of halogens is 2. The molecule has 112 valence electrons. The highest BCUT2D eigenvalue weighted by Crippen LogP contribution is 2.31. The SMILES string of the molecule is COC(OC)c1ccc(SCc2cccc(Cl)c2Cl)cc1. The Morgan fingerprint density at radius 3 is 2.29 bits per heavy atom. The summed E-state index contributed by atoms with van der Waals surface area (Å²) < 4.78 is 10.4. The van der Waals surface area contributed by atoms with Crippen molar-refractivity contribution in [3.8, 4) is 0 Å². The maximum Gasteiger partial charge on any atom is 0.183 e. The molecule has 0 bridgehead atoms. The van der Waals surface area contributed by atoms with Gasteiger partial charge >= 0.3 is 0 Å². The minimum atomic E-state index is -0.327. The van der Waals surface area contributed by atoms with E-state index in [4.69, 9.17) is 32.7 Å². The molecule has 0 unspecified atom stereocenters. The first-order valence-electron chi connectivity index (χ1n) is 6.37. The lowest BCUT2D eigenvalue weighted by Gasteiger charge is -2.14. The minimum absolute atomic E-state index is 0.327. The van der Waals surface area contributed by atoms with Crippen molar-refractivity contribution >= 4 is 35.0 Å². The molecule has 0 amide bonds. The van der Waals surface area contributed by atoms with Gasteiger partial charge in [0.25, 0.3) is 0 Å². The van der Waals surface area contributed by atoms with Crippen LogP contribution in [0.5, 0.6) is 0 Å². The lowest BCUT2D eigenvalue weighted by Crippen LogP contribution is -2.02. The van der Waals surface area contributed by atoms with Gasteiger partial charge in [0.15, 0.2) is 6.29 Å². The van der Waals surface area contributed by atoms with Crippen LogP contribution in [-0.4, -0.2) is 14.2 Å². The van der Waals surface area contributed by atoms with E-state index in [-0.39, 0.29) is 6.29 Å². The summed E-state index contributed by atoms with van der Waals surface area (Å²) in [6.07, 6.45) is -0.327. The summed E-state index contributed by atoms with van der Waals surface area (Å²) in [6.45, 7) is 0. The molecule has 0 saturated heterocycles. The van der Waals surface area contributed by atoms with E-state index in [0.717, 1.165) is 21.8 Å². The summed E-state index contributed by atoms with van der Waals surface area (Å²) in [6, 6.07) is 13.8. The number of benzene rings is 2. The van der Waals surface area contributed by atoms with Gasteiger partial charge in [0.1, 0.15) is 0 Å². The molecule has 0 aromatic heterocycles. The maximum absolute atomic E-state index is 6.19. The van der Waals surface area contributed by atoms with E-state index in [1.807, 2.05) is 36.4 Å². The van der Waals surface area contributed by atoms with Gasteiger partial charge in [0.2, 0.25) is 0 Å². The van der Waals surface area contributed by atoms with E-state index in [1.54, 1.807) is 32.0 Å². The van der Waals surface area contributed by atoms with Gasteiger partial charge in [-0.1, -0.05) is 47.5 Å². The standard InChI is InChI=1S/C16H16Cl2O2S/c1-19-16(20-2)11-6-8-13(9-7-11)21-10-12-4-3-5-14(17)15(12)18/h3-9,16H,10H2,1-2H3. The quantitative estimate of drug-likeness (QED) is 0.504. The molecule has 5 heteroatoms. The second-order valence-electron chi connectivity index (χ2n) is 4.37. The predicted molar refractivity (Wildman–Crippen MR) is 89.2 cm³/mol. The van der Waals surface area contributed by atoms with Crippen molar-refractivity contribution in [3.63, 3.8) is 0 Å². The summed E-state index contributed by atoms with van der Waals surface area (Å²) in [5.74, 6) is 0.775. The molecule has 0 N–H and O–H groups in total. The number of hydrogen-bond donors (Lipinski definition) is 0. The third-order valence-electron chi connectivity index (χ3n) is 3.01. The number of methoxy groups -OCH3 is 2. The molecule has 0 aliphatic rings. The first-order valence-corrected chi connectivity index (χ1v) is 8.11. The first kappa shape index (κ1) is 16.7. The minimum Gasteiger partial charge on any atom is -0.352 e. The van der Waals surface area contributed by atoms with Crippen LogP contribution in [0.15, 0.2) is 47.4 Å². The van der Waals surface area contributed by atoms with E-state index in [9.17, 15) is 0 Å². The van der Waals surface area contributed by atoms with Crippen LogP contribution < -0.4 is 0 Å². The van der Waals surface area contributed by atoms with E-state index >= 15 is 0 Å². The van der Waals surface area contributed by atoms with Crippen molar-refractivity contribution in [2.24, 2.45) is 0 Å². The van der Waals surface area contributed by atoms with Gasteiger partial charge in [0.05, 0.1) is 10.0 Å². The number of rotatable bonds is 6. The maximum atomic E-state index is 6.19. The zero-order valence-electron chi connectivity index (χ0n) is 11.8. The normalized spacial score (nSPS) is 11.1. The van der Waals surface area contributed by atoms with Gasteiger partial charge in [-0.05, 0) is 23.8 Å². The van der Waals surface area contributed by atoms with Crippen molar-refractivity contribution < 1.29 is 9.47 Å². The molecule has 0 heterocycles. The molecule has 2 nitrogen and oxygen atoms in total. The van der Waals surface area contributed by atoms with Gasteiger partial charge in [-0.25, -0.2) is 0 Å². The number of hydrogen-bond acceptors (Lipinski definition) is 3. The van der Waals surface area contributed by atoms with Gasteiger partial charge in [-0.15, -0.1) is 11.8 Å². The molecular formula is C16H16Cl2O2S. The topological polar surface area (TPSA) is 18.5 Å². The summed E-state index contributed by atoms with van der Waals surface area (Å²) in [4.78, 5) is 1.15.